The third-order valence-electron chi connectivity index (χ3n) is 6.02. The van der Waals surface area contributed by atoms with Gasteiger partial charge in [-0.2, -0.15) is 0 Å². The first-order chi connectivity index (χ1) is 17.6. The third kappa shape index (κ3) is 5.18. The lowest BCUT2D eigenvalue weighted by Gasteiger charge is -2.16. The van der Waals surface area contributed by atoms with E-state index in [0.717, 1.165) is 28.1 Å². The molecule has 0 aliphatic carbocycles. The van der Waals surface area contributed by atoms with Gasteiger partial charge in [-0.05, 0) is 79.6 Å². The second-order valence-corrected chi connectivity index (χ2v) is 8.61. The molecule has 36 heavy (non-hydrogen) atoms. The van der Waals surface area contributed by atoms with Gasteiger partial charge in [0.1, 0.15) is 0 Å². The zero-order chi connectivity index (χ0) is 24.9. The van der Waals surface area contributed by atoms with Gasteiger partial charge in [0.2, 0.25) is 11.8 Å². The maximum absolute atomic E-state index is 12.8. The number of benzene rings is 4. The Hall–Kier alpha value is -4.71. The summed E-state index contributed by atoms with van der Waals surface area (Å²) >= 11 is 0. The van der Waals surface area contributed by atoms with Crippen LogP contribution in [-0.2, 0) is 0 Å². The summed E-state index contributed by atoms with van der Waals surface area (Å²) in [5.74, 6) is 0.695. The van der Waals surface area contributed by atoms with Gasteiger partial charge in [-0.25, -0.2) is 0 Å². The fourth-order valence-electron chi connectivity index (χ4n) is 3.95. The van der Waals surface area contributed by atoms with Crippen molar-refractivity contribution in [2.75, 3.05) is 10.6 Å². The fourth-order valence-corrected chi connectivity index (χ4v) is 3.95. The molecule has 6 heteroatoms. The SMILES string of the molecule is Cc1ccccc1-c1nnc(-c2ccc(C(=O)Nc3ccc(NC(C)c4ccccc4)cc3)cc2)o1. The van der Waals surface area contributed by atoms with E-state index in [-0.39, 0.29) is 11.9 Å². The predicted molar refractivity (Wildman–Crippen MR) is 143 cm³/mol. The first kappa shape index (κ1) is 23.1. The van der Waals surface area contributed by atoms with Crippen LogP contribution in [0.25, 0.3) is 22.9 Å². The van der Waals surface area contributed by atoms with Crippen LogP contribution in [0, 0.1) is 6.92 Å². The lowest BCUT2D eigenvalue weighted by molar-refractivity contribution is 0.102. The molecule has 0 saturated carbocycles. The van der Waals surface area contributed by atoms with Crippen LogP contribution >= 0.6 is 0 Å². The Kier molecular flexibility index (Phi) is 6.58. The van der Waals surface area contributed by atoms with Crippen molar-refractivity contribution in [1.82, 2.24) is 10.2 Å². The second kappa shape index (κ2) is 10.3. The third-order valence-corrected chi connectivity index (χ3v) is 6.02. The highest BCUT2D eigenvalue weighted by molar-refractivity contribution is 6.04. The molecule has 178 valence electrons. The van der Waals surface area contributed by atoms with Crippen molar-refractivity contribution in [2.45, 2.75) is 19.9 Å². The Morgan fingerprint density at radius 1 is 0.750 bits per heavy atom. The van der Waals surface area contributed by atoms with Gasteiger partial charge in [0.05, 0.1) is 0 Å². The number of rotatable bonds is 7. The molecule has 0 bridgehead atoms. The minimum atomic E-state index is -0.189. The van der Waals surface area contributed by atoms with Crippen LogP contribution in [0.3, 0.4) is 0 Å². The van der Waals surface area contributed by atoms with Gasteiger partial charge in [-0.1, -0.05) is 48.5 Å². The molecule has 0 aliphatic heterocycles. The van der Waals surface area contributed by atoms with Gasteiger partial charge < -0.3 is 15.1 Å². The van der Waals surface area contributed by atoms with E-state index in [9.17, 15) is 4.79 Å². The van der Waals surface area contributed by atoms with E-state index in [0.29, 0.717) is 17.3 Å². The highest BCUT2D eigenvalue weighted by Gasteiger charge is 2.13. The van der Waals surface area contributed by atoms with Gasteiger partial charge in [0.25, 0.3) is 5.91 Å². The van der Waals surface area contributed by atoms with Gasteiger partial charge in [0, 0.05) is 34.1 Å². The standard InChI is InChI=1S/C30H26N4O2/c1-20-8-6-7-11-27(20)30-34-33-29(36-30)24-14-12-23(13-15-24)28(35)32-26-18-16-25(17-19-26)31-21(2)22-9-4-3-5-10-22/h3-19,21,31H,1-2H3,(H,32,35). The van der Waals surface area contributed by atoms with Crippen LogP contribution in [0.4, 0.5) is 11.4 Å². The molecule has 1 amide bonds. The van der Waals surface area contributed by atoms with Crippen molar-refractivity contribution in [3.05, 3.63) is 120 Å². The maximum Gasteiger partial charge on any atom is 0.255 e. The van der Waals surface area contributed by atoms with Crippen LogP contribution in [0.1, 0.15) is 34.5 Å². The molecule has 1 unspecified atom stereocenters. The Morgan fingerprint density at radius 3 is 2.11 bits per heavy atom. The van der Waals surface area contributed by atoms with E-state index < -0.39 is 0 Å². The first-order valence-corrected chi connectivity index (χ1v) is 11.8. The molecule has 5 aromatic rings. The summed E-state index contributed by atoms with van der Waals surface area (Å²) in [5, 5.41) is 14.8. The van der Waals surface area contributed by atoms with Gasteiger partial charge >= 0.3 is 0 Å². The van der Waals surface area contributed by atoms with Crippen molar-refractivity contribution in [2.24, 2.45) is 0 Å². The van der Waals surface area contributed by atoms with E-state index in [1.54, 1.807) is 12.1 Å². The van der Waals surface area contributed by atoms with Crippen LogP contribution in [0.15, 0.2) is 108 Å². The number of hydrogen-bond acceptors (Lipinski definition) is 5. The minimum Gasteiger partial charge on any atom is -0.416 e. The molecule has 1 aromatic heterocycles. The number of anilines is 2. The zero-order valence-electron chi connectivity index (χ0n) is 20.1. The number of hydrogen-bond donors (Lipinski definition) is 2. The van der Waals surface area contributed by atoms with E-state index >= 15 is 0 Å². The van der Waals surface area contributed by atoms with E-state index in [4.69, 9.17) is 4.42 Å². The summed E-state index contributed by atoms with van der Waals surface area (Å²) in [5.41, 5.74) is 6.18. The molecule has 0 saturated heterocycles. The summed E-state index contributed by atoms with van der Waals surface area (Å²) in [6, 6.07) is 33.1. The topological polar surface area (TPSA) is 80.0 Å². The number of aromatic nitrogens is 2. The van der Waals surface area contributed by atoms with Crippen LogP contribution in [-0.4, -0.2) is 16.1 Å². The van der Waals surface area contributed by atoms with Crippen molar-refractivity contribution < 1.29 is 9.21 Å². The summed E-state index contributed by atoms with van der Waals surface area (Å²) in [4.78, 5) is 12.8. The summed E-state index contributed by atoms with van der Waals surface area (Å²) < 4.78 is 5.87. The second-order valence-electron chi connectivity index (χ2n) is 8.61. The average Bonchev–Trinajstić information content (AvgIpc) is 3.41. The van der Waals surface area contributed by atoms with E-state index in [1.807, 2.05) is 85.8 Å². The quantitative estimate of drug-likeness (QED) is 0.262. The van der Waals surface area contributed by atoms with Crippen molar-refractivity contribution in [3.63, 3.8) is 0 Å². The molecule has 1 heterocycles. The molecule has 5 rings (SSSR count). The lowest BCUT2D eigenvalue weighted by atomic mass is 10.1. The minimum absolute atomic E-state index is 0.178. The normalized spacial score (nSPS) is 11.6. The molecule has 1 atom stereocenters. The Labute approximate surface area is 210 Å². The van der Waals surface area contributed by atoms with Crippen LogP contribution in [0.5, 0.6) is 0 Å². The first-order valence-electron chi connectivity index (χ1n) is 11.8. The number of aryl methyl sites for hydroxylation is 1. The van der Waals surface area contributed by atoms with E-state index in [1.165, 1.54) is 5.56 Å². The molecule has 2 N–H and O–H groups in total. The number of carbonyl (C=O) groups is 1. The summed E-state index contributed by atoms with van der Waals surface area (Å²) in [6.45, 7) is 4.12. The van der Waals surface area contributed by atoms with Crippen molar-refractivity contribution in [3.8, 4) is 22.9 Å². The highest BCUT2D eigenvalue weighted by Crippen LogP contribution is 2.26. The summed E-state index contributed by atoms with van der Waals surface area (Å²) in [7, 11) is 0. The summed E-state index contributed by atoms with van der Waals surface area (Å²) in [6.07, 6.45) is 0. The Balaban J connectivity index is 1.21. The number of amides is 1. The molecule has 0 spiro atoms. The molecule has 4 aromatic carbocycles. The predicted octanol–water partition coefficient (Wildman–Crippen LogP) is 7.14. The van der Waals surface area contributed by atoms with Crippen molar-refractivity contribution >= 4 is 17.3 Å². The monoisotopic (exact) mass is 474 g/mol. The van der Waals surface area contributed by atoms with Gasteiger partial charge in [-0.3, -0.25) is 4.79 Å². The molecular weight excluding hydrogens is 448 g/mol. The molecule has 0 fully saturated rings. The Bertz CT molecular complexity index is 1460. The van der Waals surface area contributed by atoms with Crippen molar-refractivity contribution in [1.29, 1.82) is 0 Å². The smallest absolute Gasteiger partial charge is 0.255 e. The maximum atomic E-state index is 12.8. The average molecular weight is 475 g/mol. The lowest BCUT2D eigenvalue weighted by Crippen LogP contribution is -2.12. The highest BCUT2D eigenvalue weighted by atomic mass is 16.4. The zero-order valence-corrected chi connectivity index (χ0v) is 20.1. The van der Waals surface area contributed by atoms with Gasteiger partial charge in [-0.15, -0.1) is 10.2 Å². The largest absolute Gasteiger partial charge is 0.416 e. The fraction of sp³-hybridized carbons (Fsp3) is 0.100. The molecule has 6 nitrogen and oxygen atoms in total. The van der Waals surface area contributed by atoms with Crippen LogP contribution < -0.4 is 10.6 Å². The molecular formula is C30H26N4O2. The number of nitrogens with zero attached hydrogens (tertiary/aromatic N) is 2. The molecule has 0 radical (unpaired) electrons. The van der Waals surface area contributed by atoms with Crippen LogP contribution in [0.2, 0.25) is 0 Å². The van der Waals surface area contributed by atoms with Gasteiger partial charge in [0.15, 0.2) is 0 Å². The molecule has 0 aliphatic rings. The number of carbonyl (C=O) groups excluding carboxylic acids is 1. The Morgan fingerprint density at radius 2 is 1.39 bits per heavy atom. The van der Waals surface area contributed by atoms with E-state index in [2.05, 4.69) is 39.9 Å². The number of nitrogens with one attached hydrogen (secondary N) is 2.